The highest BCUT2D eigenvalue weighted by molar-refractivity contribution is 9.10. The Bertz CT molecular complexity index is 461. The Hall–Kier alpha value is -1.07. The van der Waals surface area contributed by atoms with Gasteiger partial charge in [-0.3, -0.25) is 4.79 Å². The molecule has 0 atom stereocenters. The molecular formula is C14H19BrN2O2. The maximum Gasteiger partial charge on any atom is 0.255 e. The van der Waals surface area contributed by atoms with Gasteiger partial charge in [-0.15, -0.1) is 0 Å². The molecule has 5 heteroatoms. The molecule has 0 unspecified atom stereocenters. The van der Waals surface area contributed by atoms with Crippen molar-refractivity contribution in [2.45, 2.75) is 31.7 Å². The van der Waals surface area contributed by atoms with Gasteiger partial charge >= 0.3 is 0 Å². The molecule has 1 aromatic carbocycles. The monoisotopic (exact) mass is 326 g/mol. The zero-order chi connectivity index (χ0) is 13.8. The molecule has 1 aliphatic carbocycles. The number of carbonyl (C=O) groups excluding carboxylic acids is 1. The minimum absolute atomic E-state index is 0.00248. The second kappa shape index (κ2) is 6.39. The third-order valence-corrected chi connectivity index (χ3v) is 4.48. The van der Waals surface area contributed by atoms with Gasteiger partial charge in [0.2, 0.25) is 0 Å². The Morgan fingerprint density at radius 2 is 2.21 bits per heavy atom. The van der Waals surface area contributed by atoms with E-state index in [1.165, 1.54) is 6.42 Å². The zero-order valence-electron chi connectivity index (χ0n) is 10.8. The lowest BCUT2D eigenvalue weighted by molar-refractivity contribution is 0.0561. The quantitative estimate of drug-likeness (QED) is 0.816. The number of halogens is 1. The van der Waals surface area contributed by atoms with Crippen molar-refractivity contribution in [1.82, 2.24) is 4.90 Å². The summed E-state index contributed by atoms with van der Waals surface area (Å²) in [5.41, 5.74) is 7.00. The summed E-state index contributed by atoms with van der Waals surface area (Å²) in [5.74, 6) is -0.00248. The Labute approximate surface area is 121 Å². The number of nitrogens with zero attached hydrogens (tertiary/aromatic N) is 1. The van der Waals surface area contributed by atoms with Gasteiger partial charge < -0.3 is 15.7 Å². The maximum absolute atomic E-state index is 12.6. The van der Waals surface area contributed by atoms with Crippen molar-refractivity contribution < 1.29 is 9.90 Å². The molecule has 1 aliphatic rings. The summed E-state index contributed by atoms with van der Waals surface area (Å²) in [6, 6.07) is 5.65. The summed E-state index contributed by atoms with van der Waals surface area (Å²) < 4.78 is 0.660. The van der Waals surface area contributed by atoms with Crippen molar-refractivity contribution in [3.63, 3.8) is 0 Å². The van der Waals surface area contributed by atoms with E-state index in [9.17, 15) is 4.79 Å². The van der Waals surface area contributed by atoms with Crippen molar-refractivity contribution in [1.29, 1.82) is 0 Å². The van der Waals surface area contributed by atoms with Gasteiger partial charge in [-0.05, 0) is 53.7 Å². The number of aliphatic hydroxyl groups is 1. The number of carbonyl (C=O) groups is 1. The zero-order valence-corrected chi connectivity index (χ0v) is 12.4. The molecular weight excluding hydrogens is 308 g/mol. The summed E-state index contributed by atoms with van der Waals surface area (Å²) in [6.07, 6.45) is 3.89. The summed E-state index contributed by atoms with van der Waals surface area (Å²) in [5, 5.41) is 8.97. The Morgan fingerprint density at radius 3 is 2.79 bits per heavy atom. The fourth-order valence-electron chi connectivity index (χ4n) is 2.26. The van der Waals surface area contributed by atoms with Crippen LogP contribution < -0.4 is 5.73 Å². The van der Waals surface area contributed by atoms with Crippen LogP contribution in [0.2, 0.25) is 0 Å². The van der Waals surface area contributed by atoms with Crippen molar-refractivity contribution in [3.05, 3.63) is 28.2 Å². The lowest BCUT2D eigenvalue weighted by Gasteiger charge is -2.37. The van der Waals surface area contributed by atoms with Crippen LogP contribution >= 0.6 is 15.9 Å². The van der Waals surface area contributed by atoms with Crippen molar-refractivity contribution in [2.24, 2.45) is 0 Å². The normalized spacial score (nSPS) is 15.1. The number of rotatable bonds is 5. The minimum atomic E-state index is -0.00248. The molecule has 0 heterocycles. The fourth-order valence-corrected chi connectivity index (χ4v) is 2.69. The maximum atomic E-state index is 12.6. The number of hydrogen-bond donors (Lipinski definition) is 2. The predicted octanol–water partition coefficient (Wildman–Crippen LogP) is 2.41. The third-order valence-electron chi connectivity index (χ3n) is 3.59. The first-order valence-corrected chi connectivity index (χ1v) is 7.40. The number of amides is 1. The average Bonchev–Trinajstić information content (AvgIpc) is 2.34. The van der Waals surface area contributed by atoms with E-state index in [2.05, 4.69) is 15.9 Å². The van der Waals surface area contributed by atoms with Gasteiger partial charge in [0.1, 0.15) is 0 Å². The van der Waals surface area contributed by atoms with E-state index in [1.807, 2.05) is 4.90 Å². The first kappa shape index (κ1) is 14.3. The van der Waals surface area contributed by atoms with Gasteiger partial charge in [0.05, 0.1) is 10.0 Å². The standard InChI is InChI=1S/C14H19BrN2O2/c15-13-11(6-2-7-12(13)16)14(19)17(8-3-9-18)10-4-1-5-10/h2,6-7,10,18H,1,3-5,8-9,16H2. The van der Waals surface area contributed by atoms with Crippen LogP contribution in [0.25, 0.3) is 0 Å². The van der Waals surface area contributed by atoms with Crippen LogP contribution in [-0.2, 0) is 0 Å². The first-order chi connectivity index (χ1) is 9.15. The molecule has 0 bridgehead atoms. The van der Waals surface area contributed by atoms with Crippen molar-refractivity contribution in [3.8, 4) is 0 Å². The Kier molecular flexibility index (Phi) is 4.82. The molecule has 4 nitrogen and oxygen atoms in total. The lowest BCUT2D eigenvalue weighted by Crippen LogP contribution is -2.45. The number of aliphatic hydroxyl groups excluding tert-OH is 1. The van der Waals surface area contributed by atoms with Crippen LogP contribution in [0, 0.1) is 0 Å². The van der Waals surface area contributed by atoms with E-state index in [0.717, 1.165) is 12.8 Å². The third kappa shape index (κ3) is 3.09. The van der Waals surface area contributed by atoms with Crippen molar-refractivity contribution in [2.75, 3.05) is 18.9 Å². The Balaban J connectivity index is 2.20. The molecule has 2 rings (SSSR count). The summed E-state index contributed by atoms with van der Waals surface area (Å²) >= 11 is 3.38. The van der Waals surface area contributed by atoms with Gasteiger partial charge in [0.15, 0.2) is 0 Å². The highest BCUT2D eigenvalue weighted by Crippen LogP contribution is 2.30. The molecule has 1 saturated carbocycles. The van der Waals surface area contributed by atoms with Crippen LogP contribution in [0.4, 0.5) is 5.69 Å². The van der Waals surface area contributed by atoms with E-state index in [0.29, 0.717) is 34.7 Å². The lowest BCUT2D eigenvalue weighted by atomic mass is 9.90. The van der Waals surface area contributed by atoms with Gasteiger partial charge in [-0.1, -0.05) is 6.07 Å². The molecule has 104 valence electrons. The second-order valence-corrected chi connectivity index (χ2v) is 5.66. The largest absolute Gasteiger partial charge is 0.398 e. The molecule has 19 heavy (non-hydrogen) atoms. The molecule has 0 radical (unpaired) electrons. The average molecular weight is 327 g/mol. The number of hydrogen-bond acceptors (Lipinski definition) is 3. The van der Waals surface area contributed by atoms with Gasteiger partial charge in [0, 0.05) is 24.9 Å². The smallest absolute Gasteiger partial charge is 0.255 e. The van der Waals surface area contributed by atoms with Gasteiger partial charge in [-0.2, -0.15) is 0 Å². The predicted molar refractivity (Wildman–Crippen MR) is 78.9 cm³/mol. The molecule has 0 aliphatic heterocycles. The number of anilines is 1. The van der Waals surface area contributed by atoms with E-state index < -0.39 is 0 Å². The molecule has 0 saturated heterocycles. The number of benzene rings is 1. The van der Waals surface area contributed by atoms with Crippen molar-refractivity contribution >= 4 is 27.5 Å². The van der Waals surface area contributed by atoms with Crippen LogP contribution in [-0.4, -0.2) is 35.1 Å². The summed E-state index contributed by atoms with van der Waals surface area (Å²) in [6.45, 7) is 0.704. The second-order valence-electron chi connectivity index (χ2n) is 4.87. The fraction of sp³-hybridized carbons (Fsp3) is 0.500. The SMILES string of the molecule is Nc1cccc(C(=O)N(CCCO)C2CCC2)c1Br. The number of nitrogen functional groups attached to an aromatic ring is 1. The molecule has 0 aromatic heterocycles. The van der Waals surface area contributed by atoms with E-state index >= 15 is 0 Å². The molecule has 0 spiro atoms. The molecule has 1 aromatic rings. The minimum Gasteiger partial charge on any atom is -0.398 e. The van der Waals surface area contributed by atoms with E-state index in [1.54, 1.807) is 18.2 Å². The summed E-state index contributed by atoms with van der Waals surface area (Å²) in [7, 11) is 0. The number of nitrogens with two attached hydrogens (primary N) is 1. The first-order valence-electron chi connectivity index (χ1n) is 6.61. The molecule has 1 amide bonds. The molecule has 1 fully saturated rings. The highest BCUT2D eigenvalue weighted by Gasteiger charge is 2.29. The van der Waals surface area contributed by atoms with Crippen LogP contribution in [0.3, 0.4) is 0 Å². The summed E-state index contributed by atoms with van der Waals surface area (Å²) in [4.78, 5) is 14.5. The highest BCUT2D eigenvalue weighted by atomic mass is 79.9. The Morgan fingerprint density at radius 1 is 1.47 bits per heavy atom. The van der Waals surface area contributed by atoms with E-state index in [4.69, 9.17) is 10.8 Å². The topological polar surface area (TPSA) is 66.6 Å². The molecule has 3 N–H and O–H groups in total. The van der Waals surface area contributed by atoms with Crippen LogP contribution in [0.1, 0.15) is 36.0 Å². The van der Waals surface area contributed by atoms with Crippen LogP contribution in [0.5, 0.6) is 0 Å². The van der Waals surface area contributed by atoms with Gasteiger partial charge in [-0.25, -0.2) is 0 Å². The van der Waals surface area contributed by atoms with Crippen LogP contribution in [0.15, 0.2) is 22.7 Å². The van der Waals surface area contributed by atoms with Gasteiger partial charge in [0.25, 0.3) is 5.91 Å². The van der Waals surface area contributed by atoms with E-state index in [-0.39, 0.29) is 12.5 Å².